The summed E-state index contributed by atoms with van der Waals surface area (Å²) in [5, 5.41) is 16.4. The maximum Gasteiger partial charge on any atom is 0.305 e. The lowest BCUT2D eigenvalue weighted by atomic mass is 10.2. The van der Waals surface area contributed by atoms with E-state index in [1.165, 1.54) is 11.3 Å². The van der Waals surface area contributed by atoms with Crippen LogP contribution in [0, 0.1) is 23.7 Å². The maximum atomic E-state index is 11.0. The number of rotatable bonds is 1. The van der Waals surface area contributed by atoms with Gasteiger partial charge < -0.3 is 10.8 Å². The summed E-state index contributed by atoms with van der Waals surface area (Å²) >= 11 is 1.18. The number of hydrazone groups is 1. The van der Waals surface area contributed by atoms with Crippen LogP contribution in [-0.4, -0.2) is 11.2 Å². The highest BCUT2D eigenvalue weighted by molar-refractivity contribution is 7.16. The Morgan fingerprint density at radius 2 is 2.00 bits per heavy atom. The van der Waals surface area contributed by atoms with E-state index in [0.29, 0.717) is 0 Å². The number of aromatic nitrogens is 1. The molecule has 0 spiro atoms. The van der Waals surface area contributed by atoms with Crippen LogP contribution in [-0.2, 0) is 0 Å². The Balaban J connectivity index is 0.000000581. The molecule has 0 aliphatic carbocycles. The number of hydrogen-bond acceptors (Lipinski definition) is 6. The zero-order valence-electron chi connectivity index (χ0n) is 8.70. The van der Waals surface area contributed by atoms with Gasteiger partial charge in [-0.2, -0.15) is 5.10 Å². The van der Waals surface area contributed by atoms with Crippen LogP contribution in [0.4, 0.5) is 0 Å². The molecule has 2 aromatic rings. The first kappa shape index (κ1) is 14.4. The molecule has 0 aliphatic heterocycles. The van der Waals surface area contributed by atoms with E-state index in [9.17, 15) is 4.79 Å². The van der Waals surface area contributed by atoms with Crippen molar-refractivity contribution in [2.24, 2.45) is 10.9 Å². The molecule has 3 N–H and O–H groups in total. The first-order valence-electron chi connectivity index (χ1n) is 4.17. The van der Waals surface area contributed by atoms with Crippen LogP contribution in [0.25, 0.3) is 10.2 Å². The number of H-pyrrole nitrogens is 1. The molecule has 0 bridgehead atoms. The molecule has 0 unspecified atom stereocenters. The predicted octanol–water partition coefficient (Wildman–Crippen LogP) is 1.16. The summed E-state index contributed by atoms with van der Waals surface area (Å²) in [4.78, 5) is 13.6. The summed E-state index contributed by atoms with van der Waals surface area (Å²) in [5.41, 5.74) is 1.74. The smallest absolute Gasteiger partial charge is 0.305 e. The molecule has 0 fully saturated rings. The fourth-order valence-electron chi connectivity index (χ4n) is 1.13. The average Bonchev–Trinajstić information content (AvgIpc) is 2.74. The van der Waals surface area contributed by atoms with Crippen molar-refractivity contribution in [3.8, 4) is 13.1 Å². The largest absolute Gasteiger partial charge is 0.323 e. The van der Waals surface area contributed by atoms with Crippen LogP contribution in [0.1, 0.15) is 5.56 Å². The topological polar surface area (TPSA) is 119 Å². The van der Waals surface area contributed by atoms with Gasteiger partial charge in [0.05, 0.1) is 16.4 Å². The van der Waals surface area contributed by atoms with E-state index in [2.05, 4.69) is 23.2 Å². The van der Waals surface area contributed by atoms with Crippen molar-refractivity contribution < 1.29 is 0 Å². The third-order valence-corrected chi connectivity index (χ3v) is 2.51. The molecule has 6 nitrogen and oxygen atoms in total. The molecule has 1 aromatic carbocycles. The molecule has 1 heterocycles. The third-order valence-electron chi connectivity index (χ3n) is 1.67. The van der Waals surface area contributed by atoms with Gasteiger partial charge in [-0.3, -0.25) is 4.79 Å². The van der Waals surface area contributed by atoms with Crippen molar-refractivity contribution in [3.63, 3.8) is 0 Å². The number of nitrogens with zero attached hydrogens (tertiary/aromatic N) is 3. The molecule has 86 valence electrons. The summed E-state index contributed by atoms with van der Waals surface area (Å²) < 4.78 is 0.919. The van der Waals surface area contributed by atoms with E-state index in [1.54, 1.807) is 6.21 Å². The van der Waals surface area contributed by atoms with Gasteiger partial charge in [0.15, 0.2) is 0 Å². The molecule has 1 aromatic heterocycles. The Morgan fingerprint density at radius 3 is 2.59 bits per heavy atom. The lowest BCUT2D eigenvalue weighted by molar-refractivity contribution is 1.26. The van der Waals surface area contributed by atoms with Gasteiger partial charge in [-0.15, -0.1) is 0 Å². The SMILES string of the molecule is C#N.C#N.NN=Cc1ccc2[nH]c(=O)sc2c1. The van der Waals surface area contributed by atoms with Crippen molar-refractivity contribution in [2.75, 3.05) is 0 Å². The highest BCUT2D eigenvalue weighted by Crippen LogP contribution is 2.14. The Hall–Kier alpha value is -2.64. The second-order valence-electron chi connectivity index (χ2n) is 2.55. The van der Waals surface area contributed by atoms with Crippen molar-refractivity contribution in [1.82, 2.24) is 4.98 Å². The number of benzene rings is 1. The average molecular weight is 247 g/mol. The van der Waals surface area contributed by atoms with Crippen LogP contribution in [0.15, 0.2) is 28.1 Å². The van der Waals surface area contributed by atoms with Gasteiger partial charge in [0, 0.05) is 13.1 Å². The minimum Gasteiger partial charge on any atom is -0.323 e. The van der Waals surface area contributed by atoms with Crippen molar-refractivity contribution >= 4 is 27.8 Å². The first-order chi connectivity index (χ1) is 8.29. The van der Waals surface area contributed by atoms with Crippen LogP contribution in [0.2, 0.25) is 0 Å². The normalized spacial score (nSPS) is 8.94. The number of nitrogens with one attached hydrogen (secondary N) is 1. The summed E-state index contributed by atoms with van der Waals surface area (Å²) in [6.45, 7) is 7.00. The van der Waals surface area contributed by atoms with Crippen LogP contribution >= 0.6 is 11.3 Å². The Labute approximate surface area is 101 Å². The Bertz CT molecular complexity index is 586. The molecule has 0 atom stereocenters. The third kappa shape index (κ3) is 3.78. The fourth-order valence-corrected chi connectivity index (χ4v) is 1.91. The summed E-state index contributed by atoms with van der Waals surface area (Å²) in [5.74, 6) is 5.01. The Morgan fingerprint density at radius 1 is 1.35 bits per heavy atom. The van der Waals surface area contributed by atoms with E-state index in [0.717, 1.165) is 15.8 Å². The highest BCUT2D eigenvalue weighted by Gasteiger charge is 1.98. The molecule has 17 heavy (non-hydrogen) atoms. The first-order valence-corrected chi connectivity index (χ1v) is 4.99. The van der Waals surface area contributed by atoms with Crippen molar-refractivity contribution in [2.45, 2.75) is 0 Å². The molecule has 0 amide bonds. The number of nitriles is 2. The molecule has 0 aliphatic rings. The van der Waals surface area contributed by atoms with E-state index >= 15 is 0 Å². The van der Waals surface area contributed by atoms with E-state index < -0.39 is 0 Å². The van der Waals surface area contributed by atoms with E-state index in [4.69, 9.17) is 16.4 Å². The van der Waals surface area contributed by atoms with Gasteiger partial charge in [-0.1, -0.05) is 17.4 Å². The van der Waals surface area contributed by atoms with Gasteiger partial charge in [0.2, 0.25) is 0 Å². The lowest BCUT2D eigenvalue weighted by Crippen LogP contribution is -1.89. The summed E-state index contributed by atoms with van der Waals surface area (Å²) in [7, 11) is 0. The molecule has 0 saturated carbocycles. The molecule has 2 rings (SSSR count). The molecule has 7 heteroatoms. The molecule has 0 radical (unpaired) electrons. The molecular weight excluding hydrogens is 238 g/mol. The van der Waals surface area contributed by atoms with Crippen molar-refractivity contribution in [1.29, 1.82) is 10.5 Å². The zero-order valence-corrected chi connectivity index (χ0v) is 9.52. The van der Waals surface area contributed by atoms with Crippen molar-refractivity contribution in [3.05, 3.63) is 33.4 Å². The summed E-state index contributed by atoms with van der Waals surface area (Å²) in [6, 6.07) is 5.56. The number of hydrogen-bond donors (Lipinski definition) is 2. The van der Waals surface area contributed by atoms with Gasteiger partial charge in [0.1, 0.15) is 0 Å². The predicted molar refractivity (Wildman–Crippen MR) is 67.6 cm³/mol. The van der Waals surface area contributed by atoms with E-state index in [1.807, 2.05) is 18.2 Å². The standard InChI is InChI=1S/C8H7N3OS.2CHN/c9-10-4-5-1-2-6-7(3-5)13-8(12)11-6;2*1-2/h1-4H,9H2,(H,11,12);2*1H. The fraction of sp³-hybridized carbons (Fsp3) is 0. The number of fused-ring (bicyclic) bond motifs is 1. The quantitative estimate of drug-likeness (QED) is 0.446. The maximum absolute atomic E-state index is 11.0. The van der Waals surface area contributed by atoms with Crippen LogP contribution < -0.4 is 10.7 Å². The van der Waals surface area contributed by atoms with Crippen LogP contribution in [0.3, 0.4) is 0 Å². The number of nitrogens with two attached hydrogens (primary N) is 1. The van der Waals surface area contributed by atoms with Gasteiger partial charge >= 0.3 is 4.87 Å². The number of thiazole rings is 1. The second-order valence-corrected chi connectivity index (χ2v) is 3.56. The van der Waals surface area contributed by atoms with E-state index in [-0.39, 0.29) is 4.87 Å². The van der Waals surface area contributed by atoms with Gasteiger partial charge in [-0.25, -0.2) is 10.5 Å². The zero-order chi connectivity index (χ0) is 13.3. The lowest BCUT2D eigenvalue weighted by Gasteiger charge is -1.90. The summed E-state index contributed by atoms with van der Waals surface area (Å²) in [6.07, 6.45) is 1.55. The van der Waals surface area contributed by atoms with Gasteiger partial charge in [-0.05, 0) is 17.7 Å². The Kier molecular flexibility index (Phi) is 6.44. The molecular formula is C10H9N5OS. The second kappa shape index (κ2) is 7.63. The van der Waals surface area contributed by atoms with Crippen LogP contribution in [0.5, 0.6) is 0 Å². The molecule has 0 saturated heterocycles. The highest BCUT2D eigenvalue weighted by atomic mass is 32.1. The monoisotopic (exact) mass is 247 g/mol. The van der Waals surface area contributed by atoms with Gasteiger partial charge in [0.25, 0.3) is 0 Å². The minimum atomic E-state index is -0.0446. The minimum absolute atomic E-state index is 0.0446. The number of aromatic amines is 1.